The number of nitrogens with one attached hydrogen (secondary N) is 1. The quantitative estimate of drug-likeness (QED) is 0.820. The van der Waals surface area contributed by atoms with Crippen LogP contribution in [-0.2, 0) is 0 Å². The number of rotatable bonds is 5. The number of hydrogen-bond donors (Lipinski definition) is 2. The van der Waals surface area contributed by atoms with Gasteiger partial charge in [-0.1, -0.05) is 15.9 Å². The van der Waals surface area contributed by atoms with Crippen LogP contribution in [0.3, 0.4) is 0 Å². The third-order valence-corrected chi connectivity index (χ3v) is 2.72. The van der Waals surface area contributed by atoms with Crippen LogP contribution < -0.4 is 10.1 Å². The molecule has 0 saturated carbocycles. The molecule has 1 aromatic rings. The van der Waals surface area contributed by atoms with Gasteiger partial charge in [-0.3, -0.25) is 0 Å². The lowest BCUT2D eigenvalue weighted by atomic mass is 10.3. The summed E-state index contributed by atoms with van der Waals surface area (Å²) in [6.45, 7) is 0.404. The van der Waals surface area contributed by atoms with E-state index in [4.69, 9.17) is 16.3 Å². The summed E-state index contributed by atoms with van der Waals surface area (Å²) in [6, 6.07) is 5.64. The van der Waals surface area contributed by atoms with E-state index in [1.165, 1.54) is 0 Å². The molecule has 5 heteroatoms. The number of anilines is 1. The van der Waals surface area contributed by atoms with E-state index in [1.807, 2.05) is 18.2 Å². The lowest BCUT2D eigenvalue weighted by Crippen LogP contribution is -2.20. The van der Waals surface area contributed by atoms with E-state index in [1.54, 1.807) is 7.11 Å². The fraction of sp³-hybridized carbons (Fsp3) is 0.400. The number of benzene rings is 1. The van der Waals surface area contributed by atoms with E-state index in [0.29, 0.717) is 6.54 Å². The molecule has 84 valence electrons. The molecule has 0 aliphatic rings. The Bertz CT molecular complexity index is 322. The lowest BCUT2D eigenvalue weighted by Gasteiger charge is -2.13. The first-order valence-corrected chi connectivity index (χ1v) is 5.81. The highest BCUT2D eigenvalue weighted by Crippen LogP contribution is 2.27. The zero-order valence-corrected chi connectivity index (χ0v) is 10.7. The molecular weight excluding hydrogens is 281 g/mol. The van der Waals surface area contributed by atoms with Gasteiger partial charge in [0.05, 0.1) is 24.8 Å². The van der Waals surface area contributed by atoms with E-state index >= 15 is 0 Å². The van der Waals surface area contributed by atoms with Crippen LogP contribution in [0.1, 0.15) is 0 Å². The molecule has 0 saturated heterocycles. The molecule has 1 unspecified atom stereocenters. The van der Waals surface area contributed by atoms with E-state index in [-0.39, 0.29) is 5.88 Å². The second kappa shape index (κ2) is 6.20. The molecule has 2 N–H and O–H groups in total. The minimum Gasteiger partial charge on any atom is -0.495 e. The summed E-state index contributed by atoms with van der Waals surface area (Å²) in [4.78, 5) is 0. The predicted octanol–water partition coefficient (Wildman–Crippen LogP) is 2.47. The van der Waals surface area contributed by atoms with Crippen molar-refractivity contribution in [3.8, 4) is 5.75 Å². The van der Waals surface area contributed by atoms with Gasteiger partial charge in [0.1, 0.15) is 5.75 Å². The molecule has 1 aromatic carbocycles. The second-order valence-electron chi connectivity index (χ2n) is 3.03. The summed E-state index contributed by atoms with van der Waals surface area (Å²) >= 11 is 8.84. The number of aliphatic hydroxyl groups excluding tert-OH is 1. The molecule has 3 nitrogen and oxygen atoms in total. The summed E-state index contributed by atoms with van der Waals surface area (Å²) in [6.07, 6.45) is -0.556. The van der Waals surface area contributed by atoms with E-state index < -0.39 is 6.10 Å². The molecule has 1 rings (SSSR count). The highest BCUT2D eigenvalue weighted by molar-refractivity contribution is 9.10. The summed E-state index contributed by atoms with van der Waals surface area (Å²) < 4.78 is 6.13. The van der Waals surface area contributed by atoms with Gasteiger partial charge in [0.2, 0.25) is 0 Å². The fourth-order valence-corrected chi connectivity index (χ4v) is 1.54. The van der Waals surface area contributed by atoms with Crippen molar-refractivity contribution in [1.82, 2.24) is 0 Å². The molecule has 1 atom stereocenters. The Morgan fingerprint density at radius 3 is 2.93 bits per heavy atom. The Kier molecular flexibility index (Phi) is 5.22. The third kappa shape index (κ3) is 3.89. The molecule has 0 amide bonds. The highest BCUT2D eigenvalue weighted by Gasteiger charge is 2.05. The molecule has 0 spiro atoms. The summed E-state index contributed by atoms with van der Waals surface area (Å²) in [5, 5.41) is 12.4. The number of ether oxygens (including phenoxy) is 1. The normalized spacial score (nSPS) is 12.3. The number of hydrogen-bond acceptors (Lipinski definition) is 3. The van der Waals surface area contributed by atoms with E-state index in [2.05, 4.69) is 21.2 Å². The summed E-state index contributed by atoms with van der Waals surface area (Å²) in [5.41, 5.74) is 0.838. The van der Waals surface area contributed by atoms with Gasteiger partial charge in [-0.15, -0.1) is 11.6 Å². The fourth-order valence-electron chi connectivity index (χ4n) is 1.09. The smallest absolute Gasteiger partial charge is 0.143 e. The monoisotopic (exact) mass is 293 g/mol. The number of methoxy groups -OCH3 is 1. The Labute approximate surface area is 103 Å². The minimum atomic E-state index is -0.556. The molecule has 15 heavy (non-hydrogen) atoms. The number of halogens is 2. The van der Waals surface area contributed by atoms with Crippen molar-refractivity contribution >= 4 is 33.2 Å². The standard InChI is InChI=1S/C10H13BrClNO2/c1-15-10-4-7(11)2-3-9(10)13-6-8(14)5-12/h2-4,8,13-14H,5-6H2,1H3. The summed E-state index contributed by atoms with van der Waals surface area (Å²) in [7, 11) is 1.60. The first-order chi connectivity index (χ1) is 7.17. The molecular formula is C10H13BrClNO2. The maximum Gasteiger partial charge on any atom is 0.143 e. The average Bonchev–Trinajstić information content (AvgIpc) is 2.26. The van der Waals surface area contributed by atoms with Crippen molar-refractivity contribution in [2.75, 3.05) is 24.9 Å². The highest BCUT2D eigenvalue weighted by atomic mass is 79.9. The van der Waals surface area contributed by atoms with Crippen molar-refractivity contribution in [2.45, 2.75) is 6.10 Å². The van der Waals surface area contributed by atoms with Gasteiger partial charge in [0, 0.05) is 11.0 Å². The second-order valence-corrected chi connectivity index (χ2v) is 4.26. The zero-order chi connectivity index (χ0) is 11.3. The SMILES string of the molecule is COc1cc(Br)ccc1NCC(O)CCl. The molecule has 0 aliphatic carbocycles. The molecule has 0 bridgehead atoms. The van der Waals surface area contributed by atoms with Crippen LogP contribution in [0.15, 0.2) is 22.7 Å². The van der Waals surface area contributed by atoms with Gasteiger partial charge in [-0.2, -0.15) is 0 Å². The van der Waals surface area contributed by atoms with E-state index in [9.17, 15) is 5.11 Å². The van der Waals surface area contributed by atoms with Gasteiger partial charge in [-0.25, -0.2) is 0 Å². The molecule has 0 aliphatic heterocycles. The number of alkyl halides is 1. The molecule has 0 aromatic heterocycles. The molecule has 0 radical (unpaired) electrons. The van der Waals surface area contributed by atoms with Gasteiger partial charge < -0.3 is 15.2 Å². The van der Waals surface area contributed by atoms with Gasteiger partial charge in [-0.05, 0) is 18.2 Å². The van der Waals surface area contributed by atoms with E-state index in [0.717, 1.165) is 15.9 Å². The Morgan fingerprint density at radius 2 is 2.33 bits per heavy atom. The average molecular weight is 295 g/mol. The van der Waals surface area contributed by atoms with Gasteiger partial charge >= 0.3 is 0 Å². The van der Waals surface area contributed by atoms with Crippen molar-refractivity contribution in [2.24, 2.45) is 0 Å². The summed E-state index contributed by atoms with van der Waals surface area (Å²) in [5.74, 6) is 0.942. The van der Waals surface area contributed by atoms with Gasteiger partial charge in [0.25, 0.3) is 0 Å². The van der Waals surface area contributed by atoms with Crippen molar-refractivity contribution in [3.05, 3.63) is 22.7 Å². The molecule has 0 heterocycles. The molecule has 0 fully saturated rings. The number of aliphatic hydroxyl groups is 1. The Balaban J connectivity index is 2.67. The van der Waals surface area contributed by atoms with Crippen LogP contribution in [-0.4, -0.2) is 30.7 Å². The first kappa shape index (κ1) is 12.6. The predicted molar refractivity (Wildman–Crippen MR) is 65.9 cm³/mol. The van der Waals surface area contributed by atoms with Crippen molar-refractivity contribution in [3.63, 3.8) is 0 Å². The zero-order valence-electron chi connectivity index (χ0n) is 8.34. The third-order valence-electron chi connectivity index (χ3n) is 1.87. The van der Waals surface area contributed by atoms with Crippen LogP contribution in [0.2, 0.25) is 0 Å². The van der Waals surface area contributed by atoms with Crippen molar-refractivity contribution < 1.29 is 9.84 Å². The largest absolute Gasteiger partial charge is 0.495 e. The van der Waals surface area contributed by atoms with Crippen LogP contribution in [0.25, 0.3) is 0 Å². The van der Waals surface area contributed by atoms with Crippen LogP contribution >= 0.6 is 27.5 Å². The van der Waals surface area contributed by atoms with Crippen molar-refractivity contribution in [1.29, 1.82) is 0 Å². The Hall–Kier alpha value is -0.450. The maximum absolute atomic E-state index is 9.29. The topological polar surface area (TPSA) is 41.5 Å². The lowest BCUT2D eigenvalue weighted by molar-refractivity contribution is 0.211. The van der Waals surface area contributed by atoms with Gasteiger partial charge in [0.15, 0.2) is 0 Å². The Morgan fingerprint density at radius 1 is 1.60 bits per heavy atom. The minimum absolute atomic E-state index is 0.214. The maximum atomic E-state index is 9.29. The van der Waals surface area contributed by atoms with Crippen LogP contribution in [0, 0.1) is 0 Å². The first-order valence-electron chi connectivity index (χ1n) is 4.48. The van der Waals surface area contributed by atoms with Crippen LogP contribution in [0.5, 0.6) is 5.75 Å². The van der Waals surface area contributed by atoms with Crippen LogP contribution in [0.4, 0.5) is 5.69 Å².